The first-order valence-corrected chi connectivity index (χ1v) is 3.99. The maximum absolute atomic E-state index is 12.2. The van der Waals surface area contributed by atoms with E-state index in [9.17, 15) is 8.60 Å². The first-order chi connectivity index (χ1) is 3.63. The fraction of sp³-hybridized carbons (Fsp3) is 0.750. The Labute approximate surface area is 47.9 Å². The van der Waals surface area contributed by atoms with Crippen LogP contribution in [0.4, 0.5) is 4.39 Å². The molecule has 8 heavy (non-hydrogen) atoms. The second kappa shape index (κ2) is 1.70. The Morgan fingerprint density at radius 3 is 2.62 bits per heavy atom. The maximum atomic E-state index is 12.2. The van der Waals surface area contributed by atoms with Crippen LogP contribution in [-0.2, 0) is 14.0 Å². The zero-order chi connectivity index (χ0) is 6.20. The summed E-state index contributed by atoms with van der Waals surface area (Å²) in [4.78, 5) is 0. The molecule has 0 aliphatic carbocycles. The van der Waals surface area contributed by atoms with Gasteiger partial charge >= 0.3 is 0 Å². The zero-order valence-corrected chi connectivity index (χ0v) is 5.12. The third-order valence-corrected chi connectivity index (χ3v) is 2.60. The predicted molar refractivity (Wildman–Crippen MR) is 30.7 cm³/mol. The second-order valence-corrected chi connectivity index (χ2v) is 3.76. The van der Waals surface area contributed by atoms with Crippen LogP contribution >= 0.6 is 0 Å². The van der Waals surface area contributed by atoms with E-state index in [0.717, 1.165) is 0 Å². The Balaban J connectivity index is 2.85. The number of rotatable bonds is 0. The second-order valence-electron chi connectivity index (χ2n) is 1.68. The molecule has 2 unspecified atom stereocenters. The van der Waals surface area contributed by atoms with Gasteiger partial charge in [-0.15, -0.1) is 0 Å². The van der Waals surface area contributed by atoms with E-state index < -0.39 is 15.3 Å². The molecule has 0 radical (unpaired) electrons. The van der Waals surface area contributed by atoms with Gasteiger partial charge in [-0.1, -0.05) is 0 Å². The van der Waals surface area contributed by atoms with E-state index in [2.05, 4.69) is 10.1 Å². The summed E-state index contributed by atoms with van der Waals surface area (Å²) < 4.78 is 27.3. The standard InChI is InChI=1S/C4H7FO2S/c1-8(6)4(5)2-3-7-8/h4H,1-3H2. The largest absolute Gasteiger partial charge is 0.296 e. The van der Waals surface area contributed by atoms with E-state index in [1.54, 1.807) is 0 Å². The molecule has 1 aliphatic heterocycles. The molecule has 0 amide bonds. The molecule has 0 bridgehead atoms. The third kappa shape index (κ3) is 0.855. The summed E-state index contributed by atoms with van der Waals surface area (Å²) >= 11 is 0. The normalized spacial score (nSPS) is 47.4. The van der Waals surface area contributed by atoms with Gasteiger partial charge in [0.15, 0.2) is 5.50 Å². The minimum Gasteiger partial charge on any atom is -0.296 e. The molecule has 1 fully saturated rings. The molecule has 2 atom stereocenters. The van der Waals surface area contributed by atoms with Crippen LogP contribution in [0.2, 0.25) is 0 Å². The number of alkyl halides is 1. The van der Waals surface area contributed by atoms with Crippen LogP contribution in [0.25, 0.3) is 0 Å². The summed E-state index contributed by atoms with van der Waals surface area (Å²) in [5.74, 6) is 3.08. The van der Waals surface area contributed by atoms with Crippen molar-refractivity contribution in [3.05, 3.63) is 0 Å². The van der Waals surface area contributed by atoms with E-state index in [0.29, 0.717) is 0 Å². The Bertz CT molecular complexity index is 172. The predicted octanol–water partition coefficient (Wildman–Crippen LogP) is 0.334. The van der Waals surface area contributed by atoms with Crippen LogP contribution in [-0.4, -0.2) is 22.2 Å². The lowest BCUT2D eigenvalue weighted by Crippen LogP contribution is -2.07. The van der Waals surface area contributed by atoms with E-state index in [-0.39, 0.29) is 13.0 Å². The molecule has 0 N–H and O–H groups in total. The van der Waals surface area contributed by atoms with Crippen LogP contribution in [0.5, 0.6) is 0 Å². The summed E-state index contributed by atoms with van der Waals surface area (Å²) in [5.41, 5.74) is -1.34. The van der Waals surface area contributed by atoms with Gasteiger partial charge in [0, 0.05) is 6.42 Å². The number of halogens is 1. The zero-order valence-electron chi connectivity index (χ0n) is 4.30. The molecule has 1 heterocycles. The van der Waals surface area contributed by atoms with Crippen LogP contribution in [0.15, 0.2) is 0 Å². The van der Waals surface area contributed by atoms with Gasteiger partial charge in [-0.25, -0.2) is 8.60 Å². The molecule has 0 saturated carbocycles. The molecule has 0 aromatic heterocycles. The van der Waals surface area contributed by atoms with Crippen molar-refractivity contribution < 1.29 is 12.8 Å². The molecular formula is C4H7FO2S. The third-order valence-electron chi connectivity index (χ3n) is 1.02. The summed E-state index contributed by atoms with van der Waals surface area (Å²) in [6.45, 7) is 0.240. The highest BCUT2D eigenvalue weighted by Gasteiger charge is 2.25. The SMILES string of the molecule is C=S1(=O)OCCC1F. The van der Waals surface area contributed by atoms with Crippen molar-refractivity contribution in [1.82, 2.24) is 0 Å². The van der Waals surface area contributed by atoms with Crippen molar-refractivity contribution in [2.75, 3.05) is 6.61 Å². The highest BCUT2D eigenvalue weighted by atomic mass is 32.2. The van der Waals surface area contributed by atoms with E-state index in [1.165, 1.54) is 0 Å². The minimum atomic E-state index is -2.79. The average Bonchev–Trinajstić information content (AvgIpc) is 1.86. The lowest BCUT2D eigenvalue weighted by Gasteiger charge is -1.97. The average molecular weight is 138 g/mol. The Hall–Kier alpha value is -0.0900. The summed E-state index contributed by atoms with van der Waals surface area (Å²) in [5, 5.41) is 0. The van der Waals surface area contributed by atoms with Gasteiger partial charge in [0.1, 0.15) is 9.80 Å². The molecule has 48 valence electrons. The Morgan fingerprint density at radius 2 is 2.50 bits per heavy atom. The van der Waals surface area contributed by atoms with Crippen LogP contribution in [0.1, 0.15) is 6.42 Å². The van der Waals surface area contributed by atoms with Crippen molar-refractivity contribution in [2.24, 2.45) is 0 Å². The van der Waals surface area contributed by atoms with Gasteiger partial charge in [-0.2, -0.15) is 0 Å². The van der Waals surface area contributed by atoms with Crippen molar-refractivity contribution in [3.63, 3.8) is 0 Å². The van der Waals surface area contributed by atoms with Gasteiger partial charge in [0.2, 0.25) is 0 Å². The fourth-order valence-electron chi connectivity index (χ4n) is 0.535. The number of hydrogen-bond acceptors (Lipinski definition) is 2. The highest BCUT2D eigenvalue weighted by molar-refractivity contribution is 7.96. The Morgan fingerprint density at radius 1 is 1.88 bits per heavy atom. The summed E-state index contributed by atoms with van der Waals surface area (Å²) in [6.07, 6.45) is 0.225. The lowest BCUT2D eigenvalue weighted by molar-refractivity contribution is 0.369. The smallest absolute Gasteiger partial charge is 0.192 e. The van der Waals surface area contributed by atoms with Crippen molar-refractivity contribution in [3.8, 4) is 0 Å². The first kappa shape index (κ1) is 6.04. The van der Waals surface area contributed by atoms with Crippen LogP contribution in [0.3, 0.4) is 0 Å². The monoisotopic (exact) mass is 138 g/mol. The maximum Gasteiger partial charge on any atom is 0.192 e. The topological polar surface area (TPSA) is 26.3 Å². The van der Waals surface area contributed by atoms with Gasteiger partial charge in [-0.3, -0.25) is 4.18 Å². The van der Waals surface area contributed by atoms with Crippen LogP contribution < -0.4 is 0 Å². The van der Waals surface area contributed by atoms with Gasteiger partial charge in [-0.05, 0) is 5.87 Å². The number of hydrogen-bond donors (Lipinski definition) is 0. The highest BCUT2D eigenvalue weighted by Crippen LogP contribution is 2.17. The quantitative estimate of drug-likeness (QED) is 0.451. The molecule has 1 aliphatic rings. The van der Waals surface area contributed by atoms with Crippen molar-refractivity contribution >= 4 is 15.7 Å². The van der Waals surface area contributed by atoms with Gasteiger partial charge in [0.25, 0.3) is 0 Å². The molecule has 0 aromatic rings. The summed E-state index contributed by atoms with van der Waals surface area (Å²) in [7, 11) is -2.79. The first-order valence-electron chi connectivity index (χ1n) is 2.27. The van der Waals surface area contributed by atoms with E-state index >= 15 is 0 Å². The minimum absolute atomic E-state index is 0.225. The molecule has 0 spiro atoms. The fourth-order valence-corrected chi connectivity index (χ4v) is 1.52. The Kier molecular flexibility index (Phi) is 1.28. The van der Waals surface area contributed by atoms with Gasteiger partial charge in [0.05, 0.1) is 6.61 Å². The lowest BCUT2D eigenvalue weighted by atomic mass is 10.5. The van der Waals surface area contributed by atoms with E-state index in [1.807, 2.05) is 0 Å². The molecule has 1 saturated heterocycles. The molecule has 0 aromatic carbocycles. The van der Waals surface area contributed by atoms with Crippen molar-refractivity contribution in [2.45, 2.75) is 11.9 Å². The molecule has 4 heteroatoms. The van der Waals surface area contributed by atoms with E-state index in [4.69, 9.17) is 0 Å². The molecular weight excluding hydrogens is 131 g/mol. The van der Waals surface area contributed by atoms with Crippen LogP contribution in [0, 0.1) is 0 Å². The van der Waals surface area contributed by atoms with Gasteiger partial charge < -0.3 is 0 Å². The summed E-state index contributed by atoms with van der Waals surface area (Å²) in [6, 6.07) is 0. The van der Waals surface area contributed by atoms with Crippen molar-refractivity contribution in [1.29, 1.82) is 0 Å². The molecule has 2 nitrogen and oxygen atoms in total. The molecule has 1 rings (SSSR count).